The highest BCUT2D eigenvalue weighted by atomic mass is 35.5. The molecule has 3 aromatic carbocycles. The van der Waals surface area contributed by atoms with Gasteiger partial charge in [-0.05, 0) is 79.6 Å². The second-order valence-electron chi connectivity index (χ2n) is 9.21. The Balaban J connectivity index is 1.71. The van der Waals surface area contributed by atoms with Crippen molar-refractivity contribution < 1.29 is 27.4 Å². The number of hydrogen-bond donors (Lipinski definition) is 0. The third-order valence-corrected chi connectivity index (χ3v) is 6.54. The van der Waals surface area contributed by atoms with Crippen molar-refractivity contribution in [3.63, 3.8) is 0 Å². The molecular formula is C31H29ClF3NO3. The lowest BCUT2D eigenvalue weighted by molar-refractivity contribution is -0.137. The summed E-state index contributed by atoms with van der Waals surface area (Å²) in [4.78, 5) is 12.6. The Hall–Kier alpha value is -3.71. The van der Waals surface area contributed by atoms with Gasteiger partial charge in [0.2, 0.25) is 0 Å². The van der Waals surface area contributed by atoms with E-state index < -0.39 is 17.7 Å². The van der Waals surface area contributed by atoms with Gasteiger partial charge in [0.05, 0.1) is 23.4 Å². The SMILES string of the molecule is CCCCCOC(=O)c1cccc(-n2c(C)ccc2-c2cc(C(F)(F)F)ccc2OCc2ccc(Cl)cc2)c1. The third kappa shape index (κ3) is 7.03. The molecule has 4 rings (SSSR count). The second-order valence-corrected chi connectivity index (χ2v) is 9.65. The zero-order valence-corrected chi connectivity index (χ0v) is 22.5. The van der Waals surface area contributed by atoms with Crippen LogP contribution in [0.1, 0.15) is 53.4 Å². The fourth-order valence-corrected chi connectivity index (χ4v) is 4.36. The van der Waals surface area contributed by atoms with Gasteiger partial charge in [-0.1, -0.05) is 49.6 Å². The standard InChI is InChI=1S/C31H29ClF3NO3/c1-3-4-5-17-38-30(37)23-7-6-8-26(18-23)36-21(2)9-15-28(36)27-19-24(31(33,34)35)12-16-29(27)39-20-22-10-13-25(32)14-11-22/h6-16,18-19H,3-5,17,20H2,1-2H3. The average Bonchev–Trinajstić information content (AvgIpc) is 3.31. The van der Waals surface area contributed by atoms with Crippen LogP contribution < -0.4 is 4.74 Å². The maximum atomic E-state index is 13.7. The van der Waals surface area contributed by atoms with E-state index in [4.69, 9.17) is 21.1 Å². The van der Waals surface area contributed by atoms with E-state index in [1.54, 1.807) is 59.2 Å². The molecule has 0 saturated heterocycles. The van der Waals surface area contributed by atoms with Crippen molar-refractivity contribution in [1.82, 2.24) is 4.57 Å². The van der Waals surface area contributed by atoms with E-state index in [0.717, 1.165) is 42.7 Å². The number of nitrogens with zero attached hydrogens (tertiary/aromatic N) is 1. The minimum Gasteiger partial charge on any atom is -0.488 e. The van der Waals surface area contributed by atoms with E-state index in [2.05, 4.69) is 6.92 Å². The number of benzene rings is 3. The first-order valence-corrected chi connectivity index (χ1v) is 13.1. The number of halogens is 4. The normalized spacial score (nSPS) is 11.4. The fourth-order valence-electron chi connectivity index (χ4n) is 4.24. The van der Waals surface area contributed by atoms with E-state index in [-0.39, 0.29) is 12.2 Å². The number of carbonyl (C=O) groups excluding carboxylic acids is 1. The summed E-state index contributed by atoms with van der Waals surface area (Å²) in [7, 11) is 0. The number of alkyl halides is 3. The predicted molar refractivity (Wildman–Crippen MR) is 147 cm³/mol. The summed E-state index contributed by atoms with van der Waals surface area (Å²) in [5, 5.41) is 0.578. The van der Waals surface area contributed by atoms with Crippen LogP contribution in [-0.4, -0.2) is 17.1 Å². The molecule has 4 nitrogen and oxygen atoms in total. The van der Waals surface area contributed by atoms with Crippen LogP contribution in [0.5, 0.6) is 5.75 Å². The average molecular weight is 556 g/mol. The fraction of sp³-hybridized carbons (Fsp3) is 0.258. The summed E-state index contributed by atoms with van der Waals surface area (Å²) >= 11 is 5.96. The number of aromatic nitrogens is 1. The number of esters is 1. The molecule has 0 aliphatic rings. The van der Waals surface area contributed by atoms with Gasteiger partial charge >= 0.3 is 12.1 Å². The lowest BCUT2D eigenvalue weighted by atomic mass is 10.1. The Labute approximate surface area is 230 Å². The summed E-state index contributed by atoms with van der Waals surface area (Å²) in [6.07, 6.45) is -1.75. The lowest BCUT2D eigenvalue weighted by Crippen LogP contribution is -2.09. The summed E-state index contributed by atoms with van der Waals surface area (Å²) in [5.74, 6) is -0.144. The van der Waals surface area contributed by atoms with Crippen LogP contribution in [0.25, 0.3) is 16.9 Å². The summed E-state index contributed by atoms with van der Waals surface area (Å²) in [6, 6.07) is 20.9. The van der Waals surface area contributed by atoms with Crippen molar-refractivity contribution in [2.75, 3.05) is 6.61 Å². The number of aryl methyl sites for hydroxylation is 1. The van der Waals surface area contributed by atoms with E-state index in [9.17, 15) is 18.0 Å². The Kier molecular flexibility index (Phi) is 9.02. The second kappa shape index (κ2) is 12.4. The summed E-state index contributed by atoms with van der Waals surface area (Å²) in [6.45, 7) is 4.40. The van der Waals surface area contributed by atoms with Crippen LogP contribution in [0, 0.1) is 6.92 Å². The molecule has 8 heteroatoms. The van der Waals surface area contributed by atoms with E-state index >= 15 is 0 Å². The Bertz CT molecular complexity index is 1430. The smallest absolute Gasteiger partial charge is 0.416 e. The first kappa shape index (κ1) is 28.3. The van der Waals surface area contributed by atoms with Gasteiger partial charge in [0, 0.05) is 22.0 Å². The zero-order valence-electron chi connectivity index (χ0n) is 21.7. The van der Waals surface area contributed by atoms with Gasteiger partial charge < -0.3 is 14.0 Å². The van der Waals surface area contributed by atoms with Gasteiger partial charge in [-0.15, -0.1) is 0 Å². The van der Waals surface area contributed by atoms with Gasteiger partial charge in [0.15, 0.2) is 0 Å². The molecule has 0 N–H and O–H groups in total. The molecule has 204 valence electrons. The minimum atomic E-state index is -4.53. The van der Waals surface area contributed by atoms with Gasteiger partial charge in [0.25, 0.3) is 0 Å². The Morgan fingerprint density at radius 3 is 2.44 bits per heavy atom. The van der Waals surface area contributed by atoms with Crippen LogP contribution in [0.3, 0.4) is 0 Å². The number of ether oxygens (including phenoxy) is 2. The highest BCUT2D eigenvalue weighted by Crippen LogP contribution is 2.39. The highest BCUT2D eigenvalue weighted by molar-refractivity contribution is 6.30. The number of rotatable bonds is 10. The largest absolute Gasteiger partial charge is 0.488 e. The number of unbranched alkanes of at least 4 members (excludes halogenated alkanes) is 2. The maximum absolute atomic E-state index is 13.7. The first-order valence-electron chi connectivity index (χ1n) is 12.7. The molecule has 0 amide bonds. The van der Waals surface area contributed by atoms with Crippen LogP contribution >= 0.6 is 11.6 Å². The molecule has 0 bridgehead atoms. The van der Waals surface area contributed by atoms with E-state index in [1.165, 1.54) is 6.07 Å². The number of carbonyl (C=O) groups is 1. The van der Waals surface area contributed by atoms with Gasteiger partial charge in [0.1, 0.15) is 12.4 Å². The highest BCUT2D eigenvalue weighted by Gasteiger charge is 2.32. The molecule has 4 aromatic rings. The van der Waals surface area contributed by atoms with Crippen LogP contribution in [-0.2, 0) is 17.5 Å². The Morgan fingerprint density at radius 1 is 0.949 bits per heavy atom. The zero-order chi connectivity index (χ0) is 28.0. The first-order chi connectivity index (χ1) is 18.7. The topological polar surface area (TPSA) is 40.5 Å². The maximum Gasteiger partial charge on any atom is 0.416 e. The quantitative estimate of drug-likeness (QED) is 0.145. The van der Waals surface area contributed by atoms with Crippen molar-refractivity contribution in [3.8, 4) is 22.7 Å². The van der Waals surface area contributed by atoms with Crippen molar-refractivity contribution in [2.45, 2.75) is 45.9 Å². The molecule has 0 aliphatic heterocycles. The van der Waals surface area contributed by atoms with Crippen LogP contribution in [0.4, 0.5) is 13.2 Å². The number of hydrogen-bond acceptors (Lipinski definition) is 3. The predicted octanol–water partition coefficient (Wildman–Crippen LogP) is 9.05. The third-order valence-electron chi connectivity index (χ3n) is 6.29. The molecule has 1 heterocycles. The van der Waals surface area contributed by atoms with E-state index in [0.29, 0.717) is 34.3 Å². The molecule has 0 saturated carbocycles. The van der Waals surface area contributed by atoms with Crippen molar-refractivity contribution in [3.05, 3.63) is 106 Å². The summed E-state index contributed by atoms with van der Waals surface area (Å²) in [5.41, 5.74) is 2.58. The molecule has 0 atom stereocenters. The lowest BCUT2D eigenvalue weighted by Gasteiger charge is -2.18. The molecule has 1 aromatic heterocycles. The summed E-state index contributed by atoms with van der Waals surface area (Å²) < 4.78 is 54.4. The molecular weight excluding hydrogens is 527 g/mol. The van der Waals surface area contributed by atoms with Crippen LogP contribution in [0.15, 0.2) is 78.9 Å². The molecule has 0 aliphatic carbocycles. The molecule has 0 fully saturated rings. The van der Waals surface area contributed by atoms with Crippen molar-refractivity contribution in [2.24, 2.45) is 0 Å². The van der Waals surface area contributed by atoms with E-state index in [1.807, 2.05) is 13.0 Å². The Morgan fingerprint density at radius 2 is 1.72 bits per heavy atom. The monoisotopic (exact) mass is 555 g/mol. The molecule has 0 spiro atoms. The van der Waals surface area contributed by atoms with Gasteiger partial charge in [-0.2, -0.15) is 13.2 Å². The molecule has 0 radical (unpaired) electrons. The van der Waals surface area contributed by atoms with Gasteiger partial charge in [-0.25, -0.2) is 4.79 Å². The molecule has 0 unspecified atom stereocenters. The van der Waals surface area contributed by atoms with Crippen LogP contribution in [0.2, 0.25) is 5.02 Å². The molecule has 39 heavy (non-hydrogen) atoms. The van der Waals surface area contributed by atoms with Gasteiger partial charge in [-0.3, -0.25) is 0 Å². The van der Waals surface area contributed by atoms with Crippen molar-refractivity contribution >= 4 is 17.6 Å². The minimum absolute atomic E-state index is 0.147. The van der Waals surface area contributed by atoms with Crippen molar-refractivity contribution in [1.29, 1.82) is 0 Å².